The monoisotopic (exact) mass is 286 g/mol. The van der Waals surface area contributed by atoms with Crippen molar-refractivity contribution >= 4 is 11.9 Å². The SMILES string of the molecule is CN1CCN(C(=O)c2nc(N)n[nH]2)C(c2ccccc2)C1. The van der Waals surface area contributed by atoms with Crippen LogP contribution in [0.5, 0.6) is 0 Å². The number of carbonyl (C=O) groups is 1. The van der Waals surface area contributed by atoms with Crippen molar-refractivity contribution < 1.29 is 4.79 Å². The summed E-state index contributed by atoms with van der Waals surface area (Å²) in [6, 6.07) is 10.0. The number of rotatable bonds is 2. The smallest absolute Gasteiger partial charge is 0.291 e. The first-order valence-corrected chi connectivity index (χ1v) is 6.87. The van der Waals surface area contributed by atoms with E-state index in [1.54, 1.807) is 0 Å². The van der Waals surface area contributed by atoms with Crippen molar-refractivity contribution in [2.45, 2.75) is 6.04 Å². The summed E-state index contributed by atoms with van der Waals surface area (Å²) in [7, 11) is 2.06. The number of benzene rings is 1. The number of nitrogens with two attached hydrogens (primary N) is 1. The molecule has 1 aliphatic heterocycles. The lowest BCUT2D eigenvalue weighted by atomic mass is 10.0. The quantitative estimate of drug-likeness (QED) is 0.839. The van der Waals surface area contributed by atoms with E-state index in [1.807, 2.05) is 35.2 Å². The zero-order valence-corrected chi connectivity index (χ0v) is 11.9. The molecular formula is C14H18N6O. The van der Waals surface area contributed by atoms with Crippen LogP contribution in [0.1, 0.15) is 22.2 Å². The van der Waals surface area contributed by atoms with E-state index in [1.165, 1.54) is 0 Å². The summed E-state index contributed by atoms with van der Waals surface area (Å²) >= 11 is 0. The topological polar surface area (TPSA) is 91.1 Å². The molecule has 1 fully saturated rings. The molecule has 1 saturated heterocycles. The van der Waals surface area contributed by atoms with Gasteiger partial charge in [0.15, 0.2) is 0 Å². The second-order valence-corrected chi connectivity index (χ2v) is 5.23. The van der Waals surface area contributed by atoms with Gasteiger partial charge in [-0.25, -0.2) is 0 Å². The second-order valence-electron chi connectivity index (χ2n) is 5.23. The van der Waals surface area contributed by atoms with Gasteiger partial charge in [0, 0.05) is 19.6 Å². The third kappa shape index (κ3) is 2.73. The molecule has 1 amide bonds. The van der Waals surface area contributed by atoms with E-state index in [0.717, 1.165) is 18.7 Å². The third-order valence-corrected chi connectivity index (χ3v) is 3.73. The molecule has 1 unspecified atom stereocenters. The maximum Gasteiger partial charge on any atom is 0.291 e. The fourth-order valence-corrected chi connectivity index (χ4v) is 2.63. The van der Waals surface area contributed by atoms with Crippen molar-refractivity contribution in [1.29, 1.82) is 0 Å². The predicted octanol–water partition coefficient (Wildman–Crippen LogP) is 0.516. The van der Waals surface area contributed by atoms with Crippen LogP contribution in [0.3, 0.4) is 0 Å². The average molecular weight is 286 g/mol. The largest absolute Gasteiger partial charge is 0.366 e. The number of hydrogen-bond acceptors (Lipinski definition) is 5. The molecule has 0 aliphatic carbocycles. The summed E-state index contributed by atoms with van der Waals surface area (Å²) in [6.07, 6.45) is 0. The summed E-state index contributed by atoms with van der Waals surface area (Å²) < 4.78 is 0. The summed E-state index contributed by atoms with van der Waals surface area (Å²) in [4.78, 5) is 20.6. The van der Waals surface area contributed by atoms with Crippen molar-refractivity contribution in [2.24, 2.45) is 0 Å². The molecular weight excluding hydrogens is 268 g/mol. The minimum Gasteiger partial charge on any atom is -0.366 e. The summed E-state index contributed by atoms with van der Waals surface area (Å²) in [6.45, 7) is 2.27. The van der Waals surface area contributed by atoms with Gasteiger partial charge < -0.3 is 15.5 Å². The Morgan fingerprint density at radius 3 is 2.76 bits per heavy atom. The summed E-state index contributed by atoms with van der Waals surface area (Å²) in [5, 5.41) is 6.32. The molecule has 1 aromatic carbocycles. The lowest BCUT2D eigenvalue weighted by Gasteiger charge is -2.39. The van der Waals surface area contributed by atoms with Crippen molar-refractivity contribution in [3.8, 4) is 0 Å². The van der Waals surface area contributed by atoms with Gasteiger partial charge in [0.1, 0.15) is 0 Å². The number of H-pyrrole nitrogens is 1. The average Bonchev–Trinajstić information content (AvgIpc) is 2.94. The van der Waals surface area contributed by atoms with E-state index < -0.39 is 0 Å². The van der Waals surface area contributed by atoms with Gasteiger partial charge in [-0.3, -0.25) is 9.89 Å². The van der Waals surface area contributed by atoms with Crippen LogP contribution in [0.2, 0.25) is 0 Å². The van der Waals surface area contributed by atoms with Gasteiger partial charge in [-0.15, -0.1) is 5.10 Å². The lowest BCUT2D eigenvalue weighted by Crippen LogP contribution is -2.49. The number of hydrogen-bond donors (Lipinski definition) is 2. The number of anilines is 1. The molecule has 21 heavy (non-hydrogen) atoms. The molecule has 2 aromatic rings. The molecule has 1 aromatic heterocycles. The fourth-order valence-electron chi connectivity index (χ4n) is 2.63. The van der Waals surface area contributed by atoms with E-state index in [9.17, 15) is 4.79 Å². The zero-order chi connectivity index (χ0) is 14.8. The molecule has 0 saturated carbocycles. The van der Waals surface area contributed by atoms with Crippen LogP contribution in [-0.4, -0.2) is 57.6 Å². The maximum atomic E-state index is 12.6. The first-order chi connectivity index (χ1) is 10.1. The highest BCUT2D eigenvalue weighted by Gasteiger charge is 2.32. The minimum atomic E-state index is -0.166. The van der Waals surface area contributed by atoms with Gasteiger partial charge in [0.2, 0.25) is 11.8 Å². The number of amides is 1. The molecule has 7 nitrogen and oxygen atoms in total. The van der Waals surface area contributed by atoms with Gasteiger partial charge in [0.25, 0.3) is 5.91 Å². The molecule has 3 rings (SSSR count). The first kappa shape index (κ1) is 13.6. The van der Waals surface area contributed by atoms with Gasteiger partial charge in [-0.05, 0) is 12.6 Å². The number of carbonyl (C=O) groups excluding carboxylic acids is 1. The van der Waals surface area contributed by atoms with Crippen molar-refractivity contribution in [3.05, 3.63) is 41.7 Å². The number of nitrogens with one attached hydrogen (secondary N) is 1. The number of piperazine rings is 1. The Hall–Kier alpha value is -2.41. The number of aromatic amines is 1. The Bertz CT molecular complexity index is 625. The highest BCUT2D eigenvalue weighted by molar-refractivity contribution is 5.91. The van der Waals surface area contributed by atoms with Crippen LogP contribution in [0, 0.1) is 0 Å². The van der Waals surface area contributed by atoms with Crippen LogP contribution in [-0.2, 0) is 0 Å². The van der Waals surface area contributed by atoms with E-state index in [0.29, 0.717) is 6.54 Å². The number of nitrogens with zero attached hydrogens (tertiary/aromatic N) is 4. The van der Waals surface area contributed by atoms with E-state index in [-0.39, 0.29) is 23.7 Å². The van der Waals surface area contributed by atoms with Crippen LogP contribution < -0.4 is 5.73 Å². The molecule has 0 radical (unpaired) electrons. The van der Waals surface area contributed by atoms with E-state index in [2.05, 4.69) is 27.1 Å². The van der Waals surface area contributed by atoms with E-state index in [4.69, 9.17) is 5.73 Å². The highest BCUT2D eigenvalue weighted by atomic mass is 16.2. The Morgan fingerprint density at radius 2 is 2.10 bits per heavy atom. The van der Waals surface area contributed by atoms with Gasteiger partial charge >= 0.3 is 0 Å². The van der Waals surface area contributed by atoms with Crippen molar-refractivity contribution in [3.63, 3.8) is 0 Å². The first-order valence-electron chi connectivity index (χ1n) is 6.87. The molecule has 1 aliphatic rings. The molecule has 3 N–H and O–H groups in total. The molecule has 0 spiro atoms. The molecule has 1 atom stereocenters. The third-order valence-electron chi connectivity index (χ3n) is 3.73. The summed E-state index contributed by atoms with van der Waals surface area (Å²) in [5.41, 5.74) is 6.60. The van der Waals surface area contributed by atoms with Crippen LogP contribution >= 0.6 is 0 Å². The molecule has 0 bridgehead atoms. The Balaban J connectivity index is 1.89. The Morgan fingerprint density at radius 1 is 1.33 bits per heavy atom. The van der Waals surface area contributed by atoms with Crippen molar-refractivity contribution in [2.75, 3.05) is 32.4 Å². The maximum absolute atomic E-state index is 12.6. The standard InChI is InChI=1S/C14H18N6O/c1-19-7-8-20(13(21)12-16-14(15)18-17-12)11(9-19)10-5-3-2-4-6-10/h2-6,11H,7-9H2,1H3,(H3,15,16,17,18). The van der Waals surface area contributed by atoms with Crippen molar-refractivity contribution in [1.82, 2.24) is 25.0 Å². The number of nitrogen functional groups attached to an aromatic ring is 1. The van der Waals surface area contributed by atoms with E-state index >= 15 is 0 Å². The molecule has 2 heterocycles. The van der Waals surface area contributed by atoms with Crippen LogP contribution in [0.15, 0.2) is 30.3 Å². The second kappa shape index (κ2) is 5.53. The lowest BCUT2D eigenvalue weighted by molar-refractivity contribution is 0.0486. The minimum absolute atomic E-state index is 0.00349. The van der Waals surface area contributed by atoms with Gasteiger partial charge in [-0.1, -0.05) is 30.3 Å². The Kier molecular flexibility index (Phi) is 3.57. The highest BCUT2D eigenvalue weighted by Crippen LogP contribution is 2.25. The fraction of sp³-hybridized carbons (Fsp3) is 0.357. The predicted molar refractivity (Wildman–Crippen MR) is 78.5 cm³/mol. The zero-order valence-electron chi connectivity index (χ0n) is 11.9. The number of likely N-dealkylation sites (N-methyl/N-ethyl adjacent to an activating group) is 1. The molecule has 7 heteroatoms. The van der Waals surface area contributed by atoms with Gasteiger partial charge in [-0.2, -0.15) is 4.98 Å². The van der Waals surface area contributed by atoms with Crippen LogP contribution in [0.4, 0.5) is 5.95 Å². The van der Waals surface area contributed by atoms with Crippen LogP contribution in [0.25, 0.3) is 0 Å². The van der Waals surface area contributed by atoms with Gasteiger partial charge in [0.05, 0.1) is 6.04 Å². The Labute approximate surface area is 122 Å². The number of aromatic nitrogens is 3. The molecule has 110 valence electrons. The normalized spacial score (nSPS) is 19.7. The summed E-state index contributed by atoms with van der Waals surface area (Å²) in [5.74, 6) is 0.114.